The lowest BCUT2D eigenvalue weighted by Crippen LogP contribution is -2.22. The number of anilines is 1. The van der Waals surface area contributed by atoms with Gasteiger partial charge in [0.1, 0.15) is 0 Å². The van der Waals surface area contributed by atoms with E-state index >= 15 is 0 Å². The number of rotatable bonds is 4. The number of hydrogen-bond donors (Lipinski definition) is 1. The molecule has 2 heterocycles. The third kappa shape index (κ3) is 3.22. The lowest BCUT2D eigenvalue weighted by Gasteiger charge is -2.19. The Morgan fingerprint density at radius 3 is 2.48 bits per heavy atom. The number of benzene rings is 2. The molecule has 1 N–H and O–H groups in total. The number of hydrogen-bond acceptors (Lipinski definition) is 4. The van der Waals surface area contributed by atoms with Gasteiger partial charge in [-0.1, -0.05) is 48.5 Å². The van der Waals surface area contributed by atoms with E-state index in [4.69, 9.17) is 5.11 Å². The van der Waals surface area contributed by atoms with E-state index in [1.165, 1.54) is 22.8 Å². The van der Waals surface area contributed by atoms with Gasteiger partial charge >= 0.3 is 0 Å². The molecule has 4 rings (SSSR count). The Morgan fingerprint density at radius 2 is 1.72 bits per heavy atom. The van der Waals surface area contributed by atoms with Crippen LogP contribution < -0.4 is 4.90 Å². The number of aryl methyl sites for hydroxylation is 1. The molecular weight excluding hydrogens is 310 g/mol. The Bertz CT molecular complexity index is 876. The Labute approximate surface area is 148 Å². The van der Waals surface area contributed by atoms with Crippen LogP contribution in [0, 0.1) is 12.8 Å². The van der Waals surface area contributed by atoms with E-state index in [-0.39, 0.29) is 6.61 Å². The zero-order chi connectivity index (χ0) is 17.2. The molecule has 0 amide bonds. The molecule has 25 heavy (non-hydrogen) atoms. The maximum absolute atomic E-state index is 9.16. The molecule has 2 aromatic carbocycles. The average Bonchev–Trinajstić information content (AvgIpc) is 3.11. The Kier molecular flexibility index (Phi) is 4.36. The van der Waals surface area contributed by atoms with Crippen LogP contribution in [-0.2, 0) is 13.0 Å². The predicted molar refractivity (Wildman–Crippen MR) is 101 cm³/mol. The number of fused-ring (bicyclic) bond motifs is 1. The molecule has 1 atom stereocenters. The lowest BCUT2D eigenvalue weighted by molar-refractivity contribution is 0.282. The van der Waals surface area contributed by atoms with E-state index in [1.807, 2.05) is 19.1 Å². The summed E-state index contributed by atoms with van der Waals surface area (Å²) >= 11 is 0. The summed E-state index contributed by atoms with van der Waals surface area (Å²) in [7, 11) is 0. The highest BCUT2D eigenvalue weighted by molar-refractivity contribution is 5.93. The summed E-state index contributed by atoms with van der Waals surface area (Å²) in [5.74, 6) is 1.64. The van der Waals surface area contributed by atoms with Crippen molar-refractivity contribution in [1.82, 2.24) is 10.2 Å². The van der Waals surface area contributed by atoms with Gasteiger partial charge in [-0.3, -0.25) is 0 Å². The molecule has 4 nitrogen and oxygen atoms in total. The molecule has 1 aliphatic heterocycles. The standard InChI is InChI=1S/C21H23N3O/c1-15-19-4-2-3-5-20(19)21(23-22-15)24-11-10-18(13-24)12-16-6-8-17(14-25)9-7-16/h2-9,18,25H,10-14H2,1H3. The van der Waals surface area contributed by atoms with Crippen molar-refractivity contribution < 1.29 is 5.11 Å². The molecule has 1 fully saturated rings. The van der Waals surface area contributed by atoms with Gasteiger partial charge in [-0.25, -0.2) is 0 Å². The van der Waals surface area contributed by atoms with Gasteiger partial charge in [0.05, 0.1) is 12.3 Å². The minimum atomic E-state index is 0.108. The average molecular weight is 333 g/mol. The molecule has 0 bridgehead atoms. The first kappa shape index (κ1) is 16.0. The van der Waals surface area contributed by atoms with Crippen LogP contribution in [0.4, 0.5) is 5.82 Å². The fourth-order valence-electron chi connectivity index (χ4n) is 3.76. The highest BCUT2D eigenvalue weighted by atomic mass is 16.3. The first-order valence-electron chi connectivity index (χ1n) is 8.90. The van der Waals surface area contributed by atoms with Gasteiger partial charge in [-0.05, 0) is 36.8 Å². The van der Waals surface area contributed by atoms with E-state index in [2.05, 4.69) is 51.5 Å². The fraction of sp³-hybridized carbons (Fsp3) is 0.333. The summed E-state index contributed by atoms with van der Waals surface area (Å²) < 4.78 is 0. The van der Waals surface area contributed by atoms with E-state index in [0.717, 1.165) is 36.6 Å². The predicted octanol–water partition coefficient (Wildman–Crippen LogP) is 3.50. The smallest absolute Gasteiger partial charge is 0.159 e. The topological polar surface area (TPSA) is 49.2 Å². The van der Waals surface area contributed by atoms with Crippen molar-refractivity contribution in [2.45, 2.75) is 26.4 Å². The van der Waals surface area contributed by atoms with Gasteiger partial charge in [-0.15, -0.1) is 5.10 Å². The summed E-state index contributed by atoms with van der Waals surface area (Å²) in [5.41, 5.74) is 3.29. The lowest BCUT2D eigenvalue weighted by atomic mass is 9.98. The van der Waals surface area contributed by atoms with Crippen molar-refractivity contribution in [2.75, 3.05) is 18.0 Å². The first-order valence-corrected chi connectivity index (χ1v) is 8.90. The van der Waals surface area contributed by atoms with Crippen LogP contribution in [0.25, 0.3) is 10.8 Å². The summed E-state index contributed by atoms with van der Waals surface area (Å²) in [6.45, 7) is 4.17. The number of nitrogens with zero attached hydrogens (tertiary/aromatic N) is 3. The van der Waals surface area contributed by atoms with Crippen LogP contribution in [0.3, 0.4) is 0 Å². The minimum Gasteiger partial charge on any atom is -0.392 e. The van der Waals surface area contributed by atoms with Crippen molar-refractivity contribution >= 4 is 16.6 Å². The second-order valence-electron chi connectivity index (χ2n) is 6.93. The number of aliphatic hydroxyl groups excluding tert-OH is 1. The maximum Gasteiger partial charge on any atom is 0.159 e. The summed E-state index contributed by atoms with van der Waals surface area (Å²) in [6.07, 6.45) is 2.24. The molecule has 1 saturated heterocycles. The Balaban J connectivity index is 1.51. The second kappa shape index (κ2) is 6.81. The Morgan fingerprint density at radius 1 is 1.00 bits per heavy atom. The molecule has 128 valence electrons. The molecule has 1 aliphatic rings. The minimum absolute atomic E-state index is 0.108. The summed E-state index contributed by atoms with van der Waals surface area (Å²) in [4.78, 5) is 2.38. The highest BCUT2D eigenvalue weighted by Gasteiger charge is 2.25. The largest absolute Gasteiger partial charge is 0.392 e. The van der Waals surface area contributed by atoms with Crippen LogP contribution in [0.5, 0.6) is 0 Å². The van der Waals surface area contributed by atoms with Crippen molar-refractivity contribution in [2.24, 2.45) is 5.92 Å². The maximum atomic E-state index is 9.16. The third-order valence-corrected chi connectivity index (χ3v) is 5.17. The number of aromatic nitrogens is 2. The van der Waals surface area contributed by atoms with E-state index in [0.29, 0.717) is 5.92 Å². The zero-order valence-electron chi connectivity index (χ0n) is 14.5. The molecule has 0 radical (unpaired) electrons. The Hall–Kier alpha value is -2.46. The van der Waals surface area contributed by atoms with Gasteiger partial charge in [-0.2, -0.15) is 5.10 Å². The SMILES string of the molecule is Cc1nnc(N2CCC(Cc3ccc(CO)cc3)C2)c2ccccc12. The van der Waals surface area contributed by atoms with E-state index < -0.39 is 0 Å². The molecule has 0 aliphatic carbocycles. The van der Waals surface area contributed by atoms with E-state index in [9.17, 15) is 0 Å². The highest BCUT2D eigenvalue weighted by Crippen LogP contribution is 2.30. The van der Waals surface area contributed by atoms with Crippen LogP contribution in [0.2, 0.25) is 0 Å². The normalized spacial score (nSPS) is 17.4. The van der Waals surface area contributed by atoms with Crippen molar-refractivity contribution in [3.8, 4) is 0 Å². The van der Waals surface area contributed by atoms with Crippen LogP contribution in [-0.4, -0.2) is 28.4 Å². The van der Waals surface area contributed by atoms with Crippen molar-refractivity contribution in [1.29, 1.82) is 0 Å². The first-order chi connectivity index (χ1) is 12.2. The summed E-state index contributed by atoms with van der Waals surface area (Å²) in [6, 6.07) is 16.7. The molecule has 3 aromatic rings. The molecule has 1 aromatic heterocycles. The van der Waals surface area contributed by atoms with Gasteiger partial charge < -0.3 is 10.0 Å². The van der Waals surface area contributed by atoms with Crippen LogP contribution in [0.1, 0.15) is 23.2 Å². The zero-order valence-corrected chi connectivity index (χ0v) is 14.5. The molecular formula is C21H23N3O. The molecule has 0 spiro atoms. The second-order valence-corrected chi connectivity index (χ2v) is 6.93. The monoisotopic (exact) mass is 333 g/mol. The quantitative estimate of drug-likeness (QED) is 0.794. The molecule has 1 unspecified atom stereocenters. The number of aliphatic hydroxyl groups is 1. The van der Waals surface area contributed by atoms with Crippen LogP contribution in [0.15, 0.2) is 48.5 Å². The van der Waals surface area contributed by atoms with Crippen LogP contribution >= 0.6 is 0 Å². The van der Waals surface area contributed by atoms with Gasteiger partial charge in [0.2, 0.25) is 0 Å². The molecule has 0 saturated carbocycles. The molecule has 4 heteroatoms. The van der Waals surface area contributed by atoms with Crippen molar-refractivity contribution in [3.63, 3.8) is 0 Å². The van der Waals surface area contributed by atoms with Crippen molar-refractivity contribution in [3.05, 3.63) is 65.4 Å². The van der Waals surface area contributed by atoms with Gasteiger partial charge in [0, 0.05) is 23.9 Å². The van der Waals surface area contributed by atoms with Gasteiger partial charge in [0.15, 0.2) is 5.82 Å². The van der Waals surface area contributed by atoms with Gasteiger partial charge in [0.25, 0.3) is 0 Å². The fourth-order valence-corrected chi connectivity index (χ4v) is 3.76. The third-order valence-electron chi connectivity index (χ3n) is 5.17. The summed E-state index contributed by atoms with van der Waals surface area (Å²) in [5, 5.41) is 20.4. The van der Waals surface area contributed by atoms with E-state index in [1.54, 1.807) is 0 Å².